The van der Waals surface area contributed by atoms with Gasteiger partial charge in [-0.1, -0.05) is 12.1 Å². The van der Waals surface area contributed by atoms with Crippen LogP contribution < -0.4 is 10.6 Å². The predicted molar refractivity (Wildman–Crippen MR) is 117 cm³/mol. The number of anilines is 1. The Morgan fingerprint density at radius 3 is 2.52 bits per heavy atom. The number of esters is 1. The number of nitrogens with zero attached hydrogens (tertiary/aromatic N) is 3. The van der Waals surface area contributed by atoms with Crippen LogP contribution in [0.15, 0.2) is 53.1 Å². The summed E-state index contributed by atoms with van der Waals surface area (Å²) in [6, 6.07) is 12.2. The van der Waals surface area contributed by atoms with Crippen LogP contribution in [0.4, 0.5) is 5.69 Å². The summed E-state index contributed by atoms with van der Waals surface area (Å²) < 4.78 is 7.37. The summed E-state index contributed by atoms with van der Waals surface area (Å²) in [5.74, 6) is -1.13. The second-order valence-electron chi connectivity index (χ2n) is 6.62. The van der Waals surface area contributed by atoms with Crippen LogP contribution >= 0.6 is 15.9 Å². The number of hydrogen-bond donors (Lipinski definition) is 2. The van der Waals surface area contributed by atoms with E-state index >= 15 is 0 Å². The van der Waals surface area contributed by atoms with Gasteiger partial charge in [-0.05, 0) is 60.1 Å². The van der Waals surface area contributed by atoms with E-state index in [0.717, 1.165) is 15.9 Å². The molecule has 2 aromatic heterocycles. The lowest BCUT2D eigenvalue weighted by atomic mass is 10.3. The van der Waals surface area contributed by atoms with E-state index in [1.54, 1.807) is 35.0 Å². The highest BCUT2D eigenvalue weighted by molar-refractivity contribution is 9.10. The maximum absolute atomic E-state index is 12.1. The van der Waals surface area contributed by atoms with E-state index in [1.807, 2.05) is 26.0 Å². The first kappa shape index (κ1) is 22.2. The first-order valence-electron chi connectivity index (χ1n) is 9.31. The second-order valence-corrected chi connectivity index (χ2v) is 7.48. The average Bonchev–Trinajstić information content (AvgIpc) is 3.10. The number of hydrogen-bond acceptors (Lipinski definition) is 6. The van der Waals surface area contributed by atoms with Crippen LogP contribution in [0.3, 0.4) is 0 Å². The molecule has 3 aromatic rings. The van der Waals surface area contributed by atoms with Gasteiger partial charge < -0.3 is 15.4 Å². The highest BCUT2D eigenvalue weighted by Crippen LogP contribution is 2.20. The fraction of sp³-hybridized carbons (Fsp3) is 0.190. The molecule has 2 N–H and O–H groups in total. The first-order chi connectivity index (χ1) is 14.8. The van der Waals surface area contributed by atoms with E-state index in [2.05, 4.69) is 36.6 Å². The number of nitrogens with one attached hydrogen (secondary N) is 2. The number of carbonyl (C=O) groups is 3. The maximum atomic E-state index is 12.1. The highest BCUT2D eigenvalue weighted by atomic mass is 79.9. The Hall–Kier alpha value is -3.53. The molecular weight excluding hydrogens is 466 g/mol. The summed E-state index contributed by atoms with van der Waals surface area (Å²) in [6.45, 7) is 3.02. The molecule has 0 radical (unpaired) electrons. The molecule has 31 heavy (non-hydrogen) atoms. The van der Waals surface area contributed by atoms with Gasteiger partial charge in [-0.15, -0.1) is 0 Å². The van der Waals surface area contributed by atoms with Gasteiger partial charge in [0.25, 0.3) is 5.91 Å². The van der Waals surface area contributed by atoms with E-state index in [9.17, 15) is 14.4 Å². The standard InChI is InChI=1S/C21H20BrN5O4/c1-13-9-14(2)27(26-13)18-8-7-15(10-23-18)21(30)31-12-20(29)24-11-19(28)25-17-6-4-3-5-16(17)22/h3-10H,11-12H2,1-2H3,(H,24,29)(H,25,28). The van der Waals surface area contributed by atoms with Crippen LogP contribution in [0.5, 0.6) is 0 Å². The Morgan fingerprint density at radius 1 is 1.10 bits per heavy atom. The Kier molecular flexibility index (Phi) is 7.14. The molecule has 2 heterocycles. The summed E-state index contributed by atoms with van der Waals surface area (Å²) in [6.07, 6.45) is 1.36. The minimum atomic E-state index is -0.694. The van der Waals surface area contributed by atoms with Crippen LogP contribution in [0.25, 0.3) is 5.82 Å². The number of aryl methyl sites for hydroxylation is 2. The van der Waals surface area contributed by atoms with Gasteiger partial charge in [0, 0.05) is 16.4 Å². The number of ether oxygens (including phenoxy) is 1. The van der Waals surface area contributed by atoms with Crippen LogP contribution in [0, 0.1) is 13.8 Å². The first-order valence-corrected chi connectivity index (χ1v) is 10.1. The molecule has 3 rings (SSSR count). The quantitative estimate of drug-likeness (QED) is 0.496. The van der Waals surface area contributed by atoms with E-state index in [-0.39, 0.29) is 12.1 Å². The van der Waals surface area contributed by atoms with Crippen molar-refractivity contribution < 1.29 is 19.1 Å². The molecule has 0 bridgehead atoms. The van der Waals surface area contributed by atoms with Crippen molar-refractivity contribution in [3.8, 4) is 5.82 Å². The van der Waals surface area contributed by atoms with Gasteiger partial charge in [-0.25, -0.2) is 14.5 Å². The topological polar surface area (TPSA) is 115 Å². The third-order valence-corrected chi connectivity index (χ3v) is 4.83. The number of rotatable bonds is 7. The number of aromatic nitrogens is 3. The van der Waals surface area contributed by atoms with Crippen molar-refractivity contribution in [1.29, 1.82) is 0 Å². The highest BCUT2D eigenvalue weighted by Gasteiger charge is 2.13. The molecule has 160 valence electrons. The summed E-state index contributed by atoms with van der Waals surface area (Å²) in [4.78, 5) is 40.2. The maximum Gasteiger partial charge on any atom is 0.340 e. The molecule has 0 aliphatic carbocycles. The predicted octanol–water partition coefficient (Wildman–Crippen LogP) is 2.56. The summed E-state index contributed by atoms with van der Waals surface area (Å²) >= 11 is 3.32. The normalized spacial score (nSPS) is 10.4. The molecule has 0 fully saturated rings. The van der Waals surface area contributed by atoms with Crippen molar-refractivity contribution in [2.75, 3.05) is 18.5 Å². The lowest BCUT2D eigenvalue weighted by molar-refractivity contribution is -0.126. The van der Waals surface area contributed by atoms with Crippen molar-refractivity contribution >= 4 is 39.4 Å². The van der Waals surface area contributed by atoms with E-state index in [0.29, 0.717) is 11.5 Å². The number of para-hydroxylation sites is 1. The zero-order valence-electron chi connectivity index (χ0n) is 16.9. The van der Waals surface area contributed by atoms with Gasteiger partial charge in [0.1, 0.15) is 0 Å². The molecule has 0 aliphatic heterocycles. The largest absolute Gasteiger partial charge is 0.452 e. The average molecular weight is 486 g/mol. The van der Waals surface area contributed by atoms with Crippen molar-refractivity contribution in [1.82, 2.24) is 20.1 Å². The molecule has 0 saturated heterocycles. The Balaban J connectivity index is 1.45. The molecule has 9 nitrogen and oxygen atoms in total. The van der Waals surface area contributed by atoms with Gasteiger partial charge in [-0.3, -0.25) is 9.59 Å². The SMILES string of the molecule is Cc1cc(C)n(-c2ccc(C(=O)OCC(=O)NCC(=O)Nc3ccccc3Br)cn2)n1. The molecule has 0 unspecified atom stereocenters. The molecule has 0 aliphatic rings. The molecule has 1 aromatic carbocycles. The van der Waals surface area contributed by atoms with E-state index in [4.69, 9.17) is 4.74 Å². The molecule has 0 spiro atoms. The van der Waals surface area contributed by atoms with Crippen molar-refractivity contribution in [2.45, 2.75) is 13.8 Å². The van der Waals surface area contributed by atoms with Crippen LogP contribution in [0.2, 0.25) is 0 Å². The lowest BCUT2D eigenvalue weighted by Crippen LogP contribution is -2.35. The fourth-order valence-corrected chi connectivity index (χ4v) is 3.08. The number of amides is 2. The summed E-state index contributed by atoms with van der Waals surface area (Å²) in [7, 11) is 0. The molecule has 0 saturated carbocycles. The third-order valence-electron chi connectivity index (χ3n) is 4.14. The smallest absolute Gasteiger partial charge is 0.340 e. The molecule has 2 amide bonds. The Labute approximate surface area is 186 Å². The van der Waals surface area contributed by atoms with Gasteiger partial charge in [-0.2, -0.15) is 5.10 Å². The zero-order valence-corrected chi connectivity index (χ0v) is 18.5. The number of benzene rings is 1. The van der Waals surface area contributed by atoms with Crippen molar-refractivity contribution in [2.24, 2.45) is 0 Å². The summed E-state index contributed by atoms with van der Waals surface area (Å²) in [5, 5.41) is 9.38. The second kappa shape index (κ2) is 9.98. The van der Waals surface area contributed by atoms with Crippen LogP contribution in [-0.4, -0.2) is 45.7 Å². The van der Waals surface area contributed by atoms with Crippen molar-refractivity contribution in [3.05, 3.63) is 70.1 Å². The molecular formula is C21H20BrN5O4. The van der Waals surface area contributed by atoms with Gasteiger partial charge in [0.05, 0.1) is 23.5 Å². The van der Waals surface area contributed by atoms with Gasteiger partial charge in [0.15, 0.2) is 12.4 Å². The van der Waals surface area contributed by atoms with Gasteiger partial charge in [0.2, 0.25) is 5.91 Å². The van der Waals surface area contributed by atoms with E-state index in [1.165, 1.54) is 6.20 Å². The lowest BCUT2D eigenvalue weighted by Gasteiger charge is -2.09. The minimum absolute atomic E-state index is 0.199. The van der Waals surface area contributed by atoms with Gasteiger partial charge >= 0.3 is 5.97 Å². The summed E-state index contributed by atoms with van der Waals surface area (Å²) in [5.41, 5.74) is 2.56. The number of pyridine rings is 1. The molecule has 0 atom stereocenters. The number of halogens is 1. The zero-order chi connectivity index (χ0) is 22.4. The fourth-order valence-electron chi connectivity index (χ4n) is 2.69. The van der Waals surface area contributed by atoms with Crippen LogP contribution in [0.1, 0.15) is 21.7 Å². The third kappa shape index (κ3) is 5.98. The van der Waals surface area contributed by atoms with Crippen molar-refractivity contribution in [3.63, 3.8) is 0 Å². The van der Waals surface area contributed by atoms with Crippen LogP contribution in [-0.2, 0) is 14.3 Å². The Bertz CT molecular complexity index is 1110. The monoisotopic (exact) mass is 485 g/mol. The Morgan fingerprint density at radius 2 is 1.87 bits per heavy atom. The molecule has 10 heteroatoms. The number of carbonyl (C=O) groups excluding carboxylic acids is 3. The minimum Gasteiger partial charge on any atom is -0.452 e. The van der Waals surface area contributed by atoms with E-state index < -0.39 is 24.4 Å².